The smallest absolute Gasteiger partial charge is 0.192 e. The maximum absolute atomic E-state index is 9.89. The molecule has 1 saturated heterocycles. The average Bonchev–Trinajstić information content (AvgIpc) is 2.65. The maximum Gasteiger partial charge on any atom is 0.192 e. The van der Waals surface area contributed by atoms with Crippen molar-refractivity contribution in [1.82, 2.24) is 0 Å². The van der Waals surface area contributed by atoms with Gasteiger partial charge in [0, 0.05) is 13.5 Å². The molecule has 1 heterocycles. The lowest BCUT2D eigenvalue weighted by Crippen LogP contribution is -2.56. The number of benzene rings is 1. The van der Waals surface area contributed by atoms with E-state index in [1.165, 1.54) is 0 Å². The zero-order valence-electron chi connectivity index (χ0n) is 18.2. The van der Waals surface area contributed by atoms with Gasteiger partial charge in [-0.05, 0) is 35.8 Å². The Morgan fingerprint density at radius 3 is 2.29 bits per heavy atom. The lowest BCUT2D eigenvalue weighted by Gasteiger charge is -2.46. The summed E-state index contributed by atoms with van der Waals surface area (Å²) in [6.07, 6.45) is -0.894. The molecule has 1 aromatic carbocycles. The van der Waals surface area contributed by atoms with Gasteiger partial charge in [-0.15, -0.1) is 0 Å². The fourth-order valence-corrected chi connectivity index (χ4v) is 4.33. The van der Waals surface area contributed by atoms with Crippen molar-refractivity contribution in [1.29, 1.82) is 0 Å². The Labute approximate surface area is 170 Å². The molecule has 0 bridgehead atoms. The van der Waals surface area contributed by atoms with E-state index in [1.807, 2.05) is 24.3 Å². The van der Waals surface area contributed by atoms with Crippen molar-refractivity contribution in [3.63, 3.8) is 0 Å². The largest absolute Gasteiger partial charge is 0.497 e. The van der Waals surface area contributed by atoms with E-state index in [4.69, 9.17) is 23.4 Å². The second kappa shape index (κ2) is 9.69. The number of ether oxygens (including phenoxy) is 4. The highest BCUT2D eigenvalue weighted by molar-refractivity contribution is 6.74. The van der Waals surface area contributed by atoms with Gasteiger partial charge >= 0.3 is 0 Å². The maximum atomic E-state index is 9.89. The normalized spacial score (nSPS) is 26.3. The second-order valence-corrected chi connectivity index (χ2v) is 13.6. The Kier molecular flexibility index (Phi) is 8.07. The highest BCUT2D eigenvalue weighted by Crippen LogP contribution is 2.40. The van der Waals surface area contributed by atoms with Crippen LogP contribution in [0, 0.1) is 0 Å². The molecular weight excluding hydrogens is 376 g/mol. The summed E-state index contributed by atoms with van der Waals surface area (Å²) >= 11 is 0. The van der Waals surface area contributed by atoms with Crippen LogP contribution in [0.4, 0.5) is 0 Å². The van der Waals surface area contributed by atoms with Crippen molar-refractivity contribution in [2.75, 3.05) is 20.8 Å². The summed E-state index contributed by atoms with van der Waals surface area (Å²) in [4.78, 5) is 0. The average molecular weight is 413 g/mol. The van der Waals surface area contributed by atoms with Crippen LogP contribution in [-0.2, 0) is 25.2 Å². The molecular formula is C21H36O6Si. The molecule has 1 aliphatic heterocycles. The Balaban J connectivity index is 2.16. The minimum Gasteiger partial charge on any atom is -0.497 e. The minimum atomic E-state index is -2.03. The van der Waals surface area contributed by atoms with Crippen LogP contribution in [0.5, 0.6) is 5.75 Å². The van der Waals surface area contributed by atoms with Gasteiger partial charge < -0.3 is 28.5 Å². The van der Waals surface area contributed by atoms with Gasteiger partial charge in [0.2, 0.25) is 0 Å². The molecule has 6 nitrogen and oxygen atoms in total. The number of aliphatic hydroxyl groups excluding tert-OH is 1. The van der Waals surface area contributed by atoms with Crippen molar-refractivity contribution in [3.05, 3.63) is 29.8 Å². The van der Waals surface area contributed by atoms with Crippen LogP contribution in [0.25, 0.3) is 0 Å². The summed E-state index contributed by atoms with van der Waals surface area (Å²) in [5, 5.41) is 9.97. The molecule has 0 saturated carbocycles. The Hall–Kier alpha value is -0.963. The molecule has 28 heavy (non-hydrogen) atoms. The molecule has 0 aliphatic carbocycles. The zero-order valence-corrected chi connectivity index (χ0v) is 19.2. The Morgan fingerprint density at radius 2 is 1.79 bits per heavy atom. The third-order valence-electron chi connectivity index (χ3n) is 5.78. The Morgan fingerprint density at radius 1 is 1.14 bits per heavy atom. The van der Waals surface area contributed by atoms with Crippen molar-refractivity contribution in [2.45, 2.75) is 76.5 Å². The summed E-state index contributed by atoms with van der Waals surface area (Å²) in [7, 11) is 1.23. The van der Waals surface area contributed by atoms with Crippen LogP contribution in [0.15, 0.2) is 24.3 Å². The van der Waals surface area contributed by atoms with Crippen LogP contribution < -0.4 is 4.74 Å². The van der Waals surface area contributed by atoms with Gasteiger partial charge in [0.05, 0.1) is 26.4 Å². The van der Waals surface area contributed by atoms with Crippen molar-refractivity contribution in [2.24, 2.45) is 0 Å². The second-order valence-electron chi connectivity index (χ2n) is 8.80. The van der Waals surface area contributed by atoms with Crippen molar-refractivity contribution < 1.29 is 28.5 Å². The molecule has 7 heteroatoms. The van der Waals surface area contributed by atoms with Crippen molar-refractivity contribution in [3.8, 4) is 5.75 Å². The molecule has 0 spiro atoms. The number of rotatable bonds is 8. The molecule has 0 amide bonds. The first-order chi connectivity index (χ1) is 13.1. The zero-order chi connectivity index (χ0) is 20.9. The number of hydrogen-bond donors (Lipinski definition) is 1. The van der Waals surface area contributed by atoms with Gasteiger partial charge in [-0.25, -0.2) is 0 Å². The fourth-order valence-electron chi connectivity index (χ4n) is 2.99. The molecule has 1 N–H and O–H groups in total. The van der Waals surface area contributed by atoms with E-state index in [1.54, 1.807) is 14.2 Å². The highest BCUT2D eigenvalue weighted by atomic mass is 28.4. The molecule has 1 unspecified atom stereocenters. The van der Waals surface area contributed by atoms with E-state index in [2.05, 4.69) is 33.9 Å². The molecule has 0 aromatic heterocycles. The predicted molar refractivity (Wildman–Crippen MR) is 111 cm³/mol. The van der Waals surface area contributed by atoms with Crippen LogP contribution >= 0.6 is 0 Å². The van der Waals surface area contributed by atoms with E-state index in [9.17, 15) is 5.11 Å². The van der Waals surface area contributed by atoms with Gasteiger partial charge in [0.25, 0.3) is 0 Å². The quantitative estimate of drug-likeness (QED) is 0.657. The summed E-state index contributed by atoms with van der Waals surface area (Å²) in [5.41, 5.74) is 1.03. The molecule has 1 aromatic rings. The van der Waals surface area contributed by atoms with Gasteiger partial charge in [-0.1, -0.05) is 32.9 Å². The van der Waals surface area contributed by atoms with E-state index in [-0.39, 0.29) is 23.9 Å². The number of aliphatic hydroxyl groups is 1. The molecule has 1 fully saturated rings. The summed E-state index contributed by atoms with van der Waals surface area (Å²) in [5.74, 6) is 0.806. The molecule has 0 radical (unpaired) electrons. The van der Waals surface area contributed by atoms with E-state index < -0.39 is 20.7 Å². The van der Waals surface area contributed by atoms with Crippen LogP contribution in [0.1, 0.15) is 32.8 Å². The minimum absolute atomic E-state index is 0.0725. The first-order valence-electron chi connectivity index (χ1n) is 9.82. The van der Waals surface area contributed by atoms with Gasteiger partial charge in [0.1, 0.15) is 18.0 Å². The summed E-state index contributed by atoms with van der Waals surface area (Å²) in [6.45, 7) is 11.3. The lowest BCUT2D eigenvalue weighted by atomic mass is 10.0. The topological polar surface area (TPSA) is 66.4 Å². The lowest BCUT2D eigenvalue weighted by molar-refractivity contribution is -0.257. The number of hydrogen-bond acceptors (Lipinski definition) is 6. The molecule has 160 valence electrons. The van der Waals surface area contributed by atoms with Gasteiger partial charge in [-0.2, -0.15) is 0 Å². The monoisotopic (exact) mass is 412 g/mol. The molecule has 4 atom stereocenters. The highest BCUT2D eigenvalue weighted by Gasteiger charge is 2.46. The number of methoxy groups -OCH3 is 2. The van der Waals surface area contributed by atoms with Gasteiger partial charge in [0.15, 0.2) is 14.6 Å². The first kappa shape index (κ1) is 23.3. The first-order valence-corrected chi connectivity index (χ1v) is 12.7. The third-order valence-corrected chi connectivity index (χ3v) is 10.3. The van der Waals surface area contributed by atoms with Crippen molar-refractivity contribution >= 4 is 8.32 Å². The summed E-state index contributed by atoms with van der Waals surface area (Å²) in [6, 6.07) is 7.75. The van der Waals surface area contributed by atoms with Gasteiger partial charge in [-0.3, -0.25) is 0 Å². The van der Waals surface area contributed by atoms with Crippen LogP contribution in [0.2, 0.25) is 18.1 Å². The molecule has 1 aliphatic rings. The standard InChI is InChI=1S/C21H36O6Si/c1-21(2,3)28(6,7)27-17-12-19(24-5)26-18(13-22)20(17)25-14-15-8-10-16(23-4)11-9-15/h8-11,17-20,22H,12-14H2,1-7H3/t17-,18-,19?,20+/m1/s1. The van der Waals surface area contributed by atoms with Crippen LogP contribution in [-0.4, -0.2) is 58.9 Å². The fraction of sp³-hybridized carbons (Fsp3) is 0.714. The SMILES string of the molecule is COc1ccc(CO[C@@H]2[C@@H](CO)OC(OC)C[C@H]2O[Si](C)(C)C(C)(C)C)cc1. The van der Waals surface area contributed by atoms with E-state index >= 15 is 0 Å². The third kappa shape index (κ3) is 5.78. The summed E-state index contributed by atoms with van der Waals surface area (Å²) < 4.78 is 29.4. The Bertz CT molecular complexity index is 598. The predicted octanol–water partition coefficient (Wildman–Crippen LogP) is 3.72. The van der Waals surface area contributed by atoms with E-state index in [0.29, 0.717) is 13.0 Å². The van der Waals surface area contributed by atoms with E-state index in [0.717, 1.165) is 11.3 Å². The molecule has 2 rings (SSSR count). The van der Waals surface area contributed by atoms with Crippen LogP contribution in [0.3, 0.4) is 0 Å².